The van der Waals surface area contributed by atoms with Crippen LogP contribution >= 0.6 is 15.9 Å². The van der Waals surface area contributed by atoms with Crippen molar-refractivity contribution < 1.29 is 14.4 Å². The zero-order chi connectivity index (χ0) is 15.4. The van der Waals surface area contributed by atoms with E-state index in [1.54, 1.807) is 23.1 Å². The molecule has 0 aromatic heterocycles. The lowest BCUT2D eigenvalue weighted by Crippen LogP contribution is -2.54. The predicted octanol–water partition coefficient (Wildman–Crippen LogP) is 1.71. The molecule has 21 heavy (non-hydrogen) atoms. The first-order valence-corrected chi connectivity index (χ1v) is 7.65. The Kier molecular flexibility index (Phi) is 5.12. The molecule has 0 aliphatic carbocycles. The molecular formula is C15H17BrN2O3. The van der Waals surface area contributed by atoms with E-state index < -0.39 is 0 Å². The summed E-state index contributed by atoms with van der Waals surface area (Å²) in [6, 6.07) is 7.01. The number of hydrogen-bond donors (Lipinski definition) is 0. The van der Waals surface area contributed by atoms with Gasteiger partial charge in [0.15, 0.2) is 5.78 Å². The Labute approximate surface area is 132 Å². The van der Waals surface area contributed by atoms with Crippen molar-refractivity contribution in [3.63, 3.8) is 0 Å². The Morgan fingerprint density at radius 2 is 1.86 bits per heavy atom. The lowest BCUT2D eigenvalue weighted by Gasteiger charge is -2.33. The highest BCUT2D eigenvalue weighted by atomic mass is 79.9. The summed E-state index contributed by atoms with van der Waals surface area (Å²) in [5, 5.41) is 0. The second kappa shape index (κ2) is 6.85. The van der Waals surface area contributed by atoms with Gasteiger partial charge in [0, 0.05) is 16.6 Å². The molecule has 1 heterocycles. The number of nitrogens with zero attached hydrogens (tertiary/aromatic N) is 2. The van der Waals surface area contributed by atoms with E-state index >= 15 is 0 Å². The quantitative estimate of drug-likeness (QED) is 0.758. The third-order valence-electron chi connectivity index (χ3n) is 3.33. The van der Waals surface area contributed by atoms with Gasteiger partial charge in [-0.15, -0.1) is 0 Å². The highest BCUT2D eigenvalue weighted by molar-refractivity contribution is 9.10. The first-order valence-electron chi connectivity index (χ1n) is 6.85. The van der Waals surface area contributed by atoms with Crippen LogP contribution in [-0.4, -0.2) is 53.6 Å². The minimum Gasteiger partial charge on any atom is -0.332 e. The molecule has 0 atom stereocenters. The molecule has 2 amide bonds. The highest BCUT2D eigenvalue weighted by Gasteiger charge is 2.30. The van der Waals surface area contributed by atoms with Crippen LogP contribution in [0.25, 0.3) is 0 Å². The number of piperazine rings is 1. The third kappa shape index (κ3) is 3.91. The van der Waals surface area contributed by atoms with Gasteiger partial charge in [0.25, 0.3) is 0 Å². The van der Waals surface area contributed by atoms with Gasteiger partial charge < -0.3 is 9.80 Å². The zero-order valence-electron chi connectivity index (χ0n) is 11.8. The van der Waals surface area contributed by atoms with E-state index in [1.165, 1.54) is 4.90 Å². The minimum atomic E-state index is -0.175. The van der Waals surface area contributed by atoms with Crippen molar-refractivity contribution in [2.24, 2.45) is 0 Å². The van der Waals surface area contributed by atoms with Crippen molar-refractivity contribution in [2.45, 2.75) is 13.3 Å². The van der Waals surface area contributed by atoms with Crippen LogP contribution in [0.5, 0.6) is 0 Å². The second-order valence-electron chi connectivity index (χ2n) is 5.00. The summed E-state index contributed by atoms with van der Waals surface area (Å²) in [6.45, 7) is 2.54. The van der Waals surface area contributed by atoms with Crippen LogP contribution in [0.3, 0.4) is 0 Å². The first kappa shape index (κ1) is 15.7. The fourth-order valence-electron chi connectivity index (χ4n) is 2.25. The number of hydrogen-bond acceptors (Lipinski definition) is 3. The van der Waals surface area contributed by atoms with Gasteiger partial charge in [-0.25, -0.2) is 0 Å². The maximum Gasteiger partial charge on any atom is 0.243 e. The lowest BCUT2D eigenvalue weighted by molar-refractivity contribution is -0.149. The SMILES string of the molecule is CCCN1CC(=O)N(CC(=O)c2cccc(Br)c2)CC1=O. The maximum atomic E-state index is 12.2. The van der Waals surface area contributed by atoms with Gasteiger partial charge in [0.2, 0.25) is 11.8 Å². The van der Waals surface area contributed by atoms with Gasteiger partial charge in [-0.1, -0.05) is 35.0 Å². The van der Waals surface area contributed by atoms with Crippen molar-refractivity contribution in [1.29, 1.82) is 0 Å². The normalized spacial score (nSPS) is 15.5. The predicted molar refractivity (Wildman–Crippen MR) is 81.9 cm³/mol. The molecule has 0 saturated carbocycles. The Hall–Kier alpha value is -1.69. The molecule has 5 nitrogen and oxygen atoms in total. The van der Waals surface area contributed by atoms with Crippen LogP contribution in [-0.2, 0) is 9.59 Å². The maximum absolute atomic E-state index is 12.2. The molecule has 6 heteroatoms. The molecule has 0 unspecified atom stereocenters. The highest BCUT2D eigenvalue weighted by Crippen LogP contribution is 2.13. The van der Waals surface area contributed by atoms with Crippen LogP contribution in [0.1, 0.15) is 23.7 Å². The molecule has 0 spiro atoms. The summed E-state index contributed by atoms with van der Waals surface area (Å²) in [4.78, 5) is 39.0. The summed E-state index contributed by atoms with van der Waals surface area (Å²) in [7, 11) is 0. The van der Waals surface area contributed by atoms with Gasteiger partial charge in [-0.2, -0.15) is 0 Å². The number of ketones is 1. The van der Waals surface area contributed by atoms with Crippen molar-refractivity contribution in [3.8, 4) is 0 Å². The molecule has 1 aliphatic rings. The van der Waals surface area contributed by atoms with E-state index in [1.807, 2.05) is 13.0 Å². The number of rotatable bonds is 5. The lowest BCUT2D eigenvalue weighted by atomic mass is 10.1. The van der Waals surface area contributed by atoms with E-state index in [-0.39, 0.29) is 37.2 Å². The Balaban J connectivity index is 2.02. The number of amides is 2. The average molecular weight is 353 g/mol. The van der Waals surface area contributed by atoms with E-state index in [9.17, 15) is 14.4 Å². The van der Waals surface area contributed by atoms with Crippen molar-refractivity contribution in [1.82, 2.24) is 9.80 Å². The van der Waals surface area contributed by atoms with E-state index in [2.05, 4.69) is 15.9 Å². The van der Waals surface area contributed by atoms with E-state index in [0.717, 1.165) is 10.9 Å². The second-order valence-corrected chi connectivity index (χ2v) is 5.91. The Bertz CT molecular complexity index is 574. The van der Waals surface area contributed by atoms with Gasteiger partial charge in [0.1, 0.15) is 6.54 Å². The molecule has 2 rings (SSSR count). The van der Waals surface area contributed by atoms with Gasteiger partial charge >= 0.3 is 0 Å². The molecule has 0 bridgehead atoms. The summed E-state index contributed by atoms with van der Waals surface area (Å²) < 4.78 is 0.809. The van der Waals surface area contributed by atoms with Crippen molar-refractivity contribution in [2.75, 3.05) is 26.2 Å². The molecule has 0 N–H and O–H groups in total. The molecule has 0 radical (unpaired) electrons. The van der Waals surface area contributed by atoms with Crippen LogP contribution in [0.15, 0.2) is 28.7 Å². The topological polar surface area (TPSA) is 57.7 Å². The molecule has 112 valence electrons. The Morgan fingerprint density at radius 3 is 2.52 bits per heavy atom. The minimum absolute atomic E-state index is 0.0153. The van der Waals surface area contributed by atoms with E-state index in [4.69, 9.17) is 0 Å². The monoisotopic (exact) mass is 352 g/mol. The Morgan fingerprint density at radius 1 is 1.19 bits per heavy atom. The fraction of sp³-hybridized carbons (Fsp3) is 0.400. The smallest absolute Gasteiger partial charge is 0.243 e. The van der Waals surface area contributed by atoms with E-state index in [0.29, 0.717) is 12.1 Å². The number of Topliss-reactive ketones (excluding diaryl/α,β-unsaturated/α-hetero) is 1. The van der Waals surface area contributed by atoms with Gasteiger partial charge in [-0.05, 0) is 18.6 Å². The molecule has 1 fully saturated rings. The zero-order valence-corrected chi connectivity index (χ0v) is 13.4. The standard InChI is InChI=1S/C15H17BrN2O3/c1-2-6-17-9-15(21)18(10-14(17)20)8-13(19)11-4-3-5-12(16)7-11/h3-5,7H,2,6,8-10H2,1H3. The number of carbonyl (C=O) groups excluding carboxylic acids is 3. The third-order valence-corrected chi connectivity index (χ3v) is 3.83. The van der Waals surface area contributed by atoms with Gasteiger partial charge in [-0.3, -0.25) is 14.4 Å². The molecule has 1 aliphatic heterocycles. The van der Waals surface area contributed by atoms with Crippen molar-refractivity contribution >= 4 is 33.5 Å². The largest absolute Gasteiger partial charge is 0.332 e. The summed E-state index contributed by atoms with van der Waals surface area (Å²) in [5.41, 5.74) is 0.528. The van der Waals surface area contributed by atoms with Crippen LogP contribution in [0.4, 0.5) is 0 Å². The van der Waals surface area contributed by atoms with Crippen LogP contribution in [0, 0.1) is 0 Å². The summed E-state index contributed by atoms with van der Waals surface area (Å²) >= 11 is 3.31. The first-order chi connectivity index (χ1) is 10.0. The average Bonchev–Trinajstić information content (AvgIpc) is 2.44. The molecule has 1 aromatic carbocycles. The number of halogens is 1. The fourth-order valence-corrected chi connectivity index (χ4v) is 2.65. The number of carbonyl (C=O) groups is 3. The summed E-state index contributed by atoms with van der Waals surface area (Å²) in [6.07, 6.45) is 0.815. The molecule has 1 saturated heterocycles. The van der Waals surface area contributed by atoms with Gasteiger partial charge in [0.05, 0.1) is 13.1 Å². The summed E-state index contributed by atoms with van der Waals surface area (Å²) in [5.74, 6) is -0.439. The van der Waals surface area contributed by atoms with Crippen molar-refractivity contribution in [3.05, 3.63) is 34.3 Å². The number of benzene rings is 1. The molecule has 1 aromatic rings. The molecular weight excluding hydrogens is 336 g/mol. The van der Waals surface area contributed by atoms with Crippen LogP contribution < -0.4 is 0 Å². The van der Waals surface area contributed by atoms with Crippen LogP contribution in [0.2, 0.25) is 0 Å².